The summed E-state index contributed by atoms with van der Waals surface area (Å²) in [6, 6.07) is 2.80. The Hall–Kier alpha value is -1.73. The van der Waals surface area contributed by atoms with Gasteiger partial charge in [0.25, 0.3) is 11.6 Å². The van der Waals surface area contributed by atoms with Crippen LogP contribution in [-0.4, -0.2) is 30.5 Å². The van der Waals surface area contributed by atoms with E-state index in [0.29, 0.717) is 13.1 Å². The van der Waals surface area contributed by atoms with Crippen LogP contribution in [-0.2, 0) is 0 Å². The fraction of sp³-hybridized carbons (Fsp3) is 0.417. The minimum atomic E-state index is -0.802. The summed E-state index contributed by atoms with van der Waals surface area (Å²) in [6.45, 7) is 3.85. The zero-order chi connectivity index (χ0) is 14.3. The topological polar surface area (TPSA) is 84.3 Å². The highest BCUT2D eigenvalue weighted by Crippen LogP contribution is 2.16. The summed E-state index contributed by atoms with van der Waals surface area (Å²) in [7, 11) is 0. The quantitative estimate of drug-likeness (QED) is 0.458. The van der Waals surface area contributed by atoms with Gasteiger partial charge in [-0.15, -0.1) is 12.4 Å². The number of hydrogen-bond acceptors (Lipinski definition) is 4. The summed E-state index contributed by atoms with van der Waals surface area (Å²) >= 11 is 0. The standard InChI is InChI=1S/C12H16FN3O3.ClH/c1-2-3-14-4-5-15-12(17)9-6-10(13)8-11(7-9)16(18)19;/h6-8,14H,2-5H2,1H3,(H,15,17);1H. The molecule has 20 heavy (non-hydrogen) atoms. The zero-order valence-corrected chi connectivity index (χ0v) is 11.8. The molecule has 1 amide bonds. The molecule has 6 nitrogen and oxygen atoms in total. The van der Waals surface area contributed by atoms with E-state index in [1.807, 2.05) is 6.92 Å². The summed E-state index contributed by atoms with van der Waals surface area (Å²) in [5.74, 6) is -1.33. The minimum Gasteiger partial charge on any atom is -0.351 e. The number of carbonyl (C=O) groups is 1. The van der Waals surface area contributed by atoms with Crippen molar-refractivity contribution in [1.82, 2.24) is 10.6 Å². The molecule has 0 radical (unpaired) electrons. The molecule has 0 spiro atoms. The van der Waals surface area contributed by atoms with E-state index in [1.54, 1.807) is 0 Å². The van der Waals surface area contributed by atoms with Gasteiger partial charge in [0.1, 0.15) is 5.82 Å². The van der Waals surface area contributed by atoms with Crippen molar-refractivity contribution >= 4 is 24.0 Å². The number of halogens is 2. The largest absolute Gasteiger partial charge is 0.351 e. The van der Waals surface area contributed by atoms with Gasteiger partial charge < -0.3 is 10.6 Å². The molecule has 0 aliphatic rings. The van der Waals surface area contributed by atoms with Crippen LogP contribution < -0.4 is 10.6 Å². The molecule has 0 aromatic heterocycles. The third kappa shape index (κ3) is 5.94. The molecule has 1 aromatic carbocycles. The van der Waals surface area contributed by atoms with Crippen molar-refractivity contribution in [3.63, 3.8) is 0 Å². The maximum atomic E-state index is 13.1. The Labute approximate surface area is 122 Å². The highest BCUT2D eigenvalue weighted by atomic mass is 35.5. The van der Waals surface area contributed by atoms with Crippen molar-refractivity contribution in [2.24, 2.45) is 0 Å². The smallest absolute Gasteiger partial charge is 0.273 e. The number of benzene rings is 1. The Morgan fingerprint density at radius 1 is 1.30 bits per heavy atom. The molecule has 0 fully saturated rings. The van der Waals surface area contributed by atoms with Crippen LogP contribution in [0.5, 0.6) is 0 Å². The number of nitrogens with zero attached hydrogens (tertiary/aromatic N) is 1. The highest BCUT2D eigenvalue weighted by Gasteiger charge is 2.14. The summed E-state index contributed by atoms with van der Waals surface area (Å²) in [5.41, 5.74) is -0.489. The van der Waals surface area contributed by atoms with Crippen LogP contribution in [0.3, 0.4) is 0 Å². The van der Waals surface area contributed by atoms with E-state index in [-0.39, 0.29) is 18.0 Å². The number of non-ortho nitro benzene ring substituents is 1. The predicted molar refractivity (Wildman–Crippen MR) is 75.8 cm³/mol. The maximum Gasteiger partial charge on any atom is 0.273 e. The molecular formula is C12H17ClFN3O3. The Balaban J connectivity index is 0.00000361. The lowest BCUT2D eigenvalue weighted by Gasteiger charge is -2.06. The first kappa shape index (κ1) is 18.3. The van der Waals surface area contributed by atoms with Gasteiger partial charge in [0.2, 0.25) is 0 Å². The van der Waals surface area contributed by atoms with Gasteiger partial charge >= 0.3 is 0 Å². The first-order chi connectivity index (χ1) is 9.04. The third-order valence-electron chi connectivity index (χ3n) is 2.37. The minimum absolute atomic E-state index is 0. The average molecular weight is 306 g/mol. The SMILES string of the molecule is CCCNCCNC(=O)c1cc(F)cc([N+](=O)[O-])c1.Cl. The summed E-state index contributed by atoms with van der Waals surface area (Å²) in [4.78, 5) is 21.5. The van der Waals surface area contributed by atoms with Gasteiger partial charge in [0.15, 0.2) is 0 Å². The number of hydrogen-bond donors (Lipinski definition) is 2. The average Bonchev–Trinajstić information content (AvgIpc) is 2.37. The van der Waals surface area contributed by atoms with Gasteiger partial charge in [-0.2, -0.15) is 0 Å². The van der Waals surface area contributed by atoms with Crippen LogP contribution in [0.25, 0.3) is 0 Å². The van der Waals surface area contributed by atoms with Gasteiger partial charge in [0.05, 0.1) is 11.0 Å². The van der Waals surface area contributed by atoms with Crippen LogP contribution >= 0.6 is 12.4 Å². The van der Waals surface area contributed by atoms with E-state index in [0.717, 1.165) is 31.2 Å². The summed E-state index contributed by atoms with van der Waals surface area (Å²) < 4.78 is 13.1. The Kier molecular flexibility index (Phi) is 8.42. The molecule has 0 heterocycles. The summed E-state index contributed by atoms with van der Waals surface area (Å²) in [6.07, 6.45) is 0.990. The molecule has 0 saturated carbocycles. The molecule has 112 valence electrons. The summed E-state index contributed by atoms with van der Waals surface area (Å²) in [5, 5.41) is 16.2. The van der Waals surface area contributed by atoms with Crippen LogP contribution in [0.4, 0.5) is 10.1 Å². The molecule has 8 heteroatoms. The molecule has 0 aliphatic heterocycles. The first-order valence-corrected chi connectivity index (χ1v) is 5.98. The maximum absolute atomic E-state index is 13.1. The van der Waals surface area contributed by atoms with Gasteiger partial charge in [-0.05, 0) is 19.0 Å². The molecule has 1 aromatic rings. The first-order valence-electron chi connectivity index (χ1n) is 5.98. The monoisotopic (exact) mass is 305 g/mol. The fourth-order valence-corrected chi connectivity index (χ4v) is 1.48. The molecule has 0 saturated heterocycles. The molecular weight excluding hydrogens is 289 g/mol. The van der Waals surface area contributed by atoms with Crippen molar-refractivity contribution < 1.29 is 14.1 Å². The lowest BCUT2D eigenvalue weighted by atomic mass is 10.2. The normalized spacial score (nSPS) is 9.70. The van der Waals surface area contributed by atoms with E-state index in [1.165, 1.54) is 0 Å². The highest BCUT2D eigenvalue weighted by molar-refractivity contribution is 5.94. The molecule has 2 N–H and O–H groups in total. The van der Waals surface area contributed by atoms with Crippen molar-refractivity contribution in [1.29, 1.82) is 0 Å². The zero-order valence-electron chi connectivity index (χ0n) is 11.0. The van der Waals surface area contributed by atoms with Gasteiger partial charge in [-0.25, -0.2) is 4.39 Å². The van der Waals surface area contributed by atoms with Crippen molar-refractivity contribution in [2.45, 2.75) is 13.3 Å². The molecule has 0 unspecified atom stereocenters. The number of nitro groups is 1. The van der Waals surface area contributed by atoms with Crippen LogP contribution in [0, 0.1) is 15.9 Å². The van der Waals surface area contributed by atoms with Crippen molar-refractivity contribution in [2.75, 3.05) is 19.6 Å². The number of nitro benzene ring substituents is 1. The van der Waals surface area contributed by atoms with Crippen LogP contribution in [0.1, 0.15) is 23.7 Å². The number of carbonyl (C=O) groups excluding carboxylic acids is 1. The van der Waals surface area contributed by atoms with E-state index < -0.39 is 22.3 Å². The van der Waals surface area contributed by atoms with E-state index in [4.69, 9.17) is 0 Å². The van der Waals surface area contributed by atoms with E-state index in [9.17, 15) is 19.3 Å². The number of rotatable bonds is 7. The Morgan fingerprint density at radius 2 is 2.00 bits per heavy atom. The van der Waals surface area contributed by atoms with Gasteiger partial charge in [0, 0.05) is 24.7 Å². The number of amides is 1. The Morgan fingerprint density at radius 3 is 2.60 bits per heavy atom. The van der Waals surface area contributed by atoms with Gasteiger partial charge in [-0.1, -0.05) is 6.92 Å². The molecule has 0 atom stereocenters. The van der Waals surface area contributed by atoms with E-state index in [2.05, 4.69) is 10.6 Å². The van der Waals surface area contributed by atoms with Crippen LogP contribution in [0.2, 0.25) is 0 Å². The second kappa shape index (κ2) is 9.22. The van der Waals surface area contributed by atoms with Crippen LogP contribution in [0.15, 0.2) is 18.2 Å². The van der Waals surface area contributed by atoms with Crippen molar-refractivity contribution in [3.05, 3.63) is 39.7 Å². The Bertz CT molecular complexity index is 471. The lowest BCUT2D eigenvalue weighted by Crippen LogP contribution is -2.32. The van der Waals surface area contributed by atoms with Gasteiger partial charge in [-0.3, -0.25) is 14.9 Å². The molecule has 0 aliphatic carbocycles. The lowest BCUT2D eigenvalue weighted by molar-refractivity contribution is -0.385. The molecule has 0 bridgehead atoms. The second-order valence-electron chi connectivity index (χ2n) is 3.96. The molecule has 1 rings (SSSR count). The van der Waals surface area contributed by atoms with Crippen molar-refractivity contribution in [3.8, 4) is 0 Å². The predicted octanol–water partition coefficient (Wildman–Crippen LogP) is 1.89. The number of nitrogens with one attached hydrogen (secondary N) is 2. The second-order valence-corrected chi connectivity index (χ2v) is 3.96. The third-order valence-corrected chi connectivity index (χ3v) is 2.37. The van der Waals surface area contributed by atoms with E-state index >= 15 is 0 Å². The fourth-order valence-electron chi connectivity index (χ4n) is 1.48.